The maximum atomic E-state index is 2.61. The quantitative estimate of drug-likeness (QED) is 0.649. The summed E-state index contributed by atoms with van der Waals surface area (Å²) in [7, 11) is 0. The van der Waals surface area contributed by atoms with Crippen LogP contribution in [0.15, 0.2) is 52.9 Å². The Hall–Kier alpha value is -0.127. The fourth-order valence-corrected chi connectivity index (χ4v) is 8.31. The molecule has 0 nitrogen and oxygen atoms in total. The Balaban J connectivity index is 0.00000162. The summed E-state index contributed by atoms with van der Waals surface area (Å²) in [6, 6.07) is 0. The van der Waals surface area contributed by atoms with Crippen molar-refractivity contribution in [2.45, 2.75) is 39.0 Å². The minimum absolute atomic E-state index is 0. The Morgan fingerprint density at radius 1 is 1.11 bits per heavy atom. The zero-order valence-electron chi connectivity index (χ0n) is 11.0. The van der Waals surface area contributed by atoms with E-state index >= 15 is 0 Å². The summed E-state index contributed by atoms with van der Waals surface area (Å²) in [6.07, 6.45) is 22.6. The van der Waals surface area contributed by atoms with Crippen molar-refractivity contribution in [3.8, 4) is 0 Å². The Labute approximate surface area is 125 Å². The van der Waals surface area contributed by atoms with Crippen molar-refractivity contribution < 1.29 is 34.2 Å². The third-order valence-corrected chi connectivity index (χ3v) is 9.87. The fraction of sp³-hybridized carbons (Fsp3) is 0.375. The largest absolute Gasteiger partial charge is 1.00 e. The molecule has 0 amide bonds. The molecule has 0 saturated heterocycles. The van der Waals surface area contributed by atoms with Crippen LogP contribution in [-0.2, 0) is 21.8 Å². The summed E-state index contributed by atoms with van der Waals surface area (Å²) < 4.78 is 6.10. The molecule has 0 saturated carbocycles. The Bertz CT molecular complexity index is 369. The number of hydrogen-bond acceptors (Lipinski definition) is 0. The second kappa shape index (κ2) is 8.89. The van der Waals surface area contributed by atoms with Gasteiger partial charge in [0.15, 0.2) is 0 Å². The molecule has 0 aromatic carbocycles. The van der Waals surface area contributed by atoms with Crippen molar-refractivity contribution in [2.24, 2.45) is 0 Å². The average molecular weight is 340 g/mol. The van der Waals surface area contributed by atoms with E-state index in [0.29, 0.717) is 0 Å². The first kappa shape index (κ1) is 15.9. The molecule has 0 radical (unpaired) electrons. The topological polar surface area (TPSA) is 0 Å². The van der Waals surface area contributed by atoms with E-state index in [2.05, 4.69) is 53.2 Å². The van der Waals surface area contributed by atoms with Gasteiger partial charge in [0.25, 0.3) is 0 Å². The molecular formula is C16H21ClZr. The minimum Gasteiger partial charge on any atom is -1.00 e. The second-order valence-corrected chi connectivity index (χ2v) is 10.6. The first-order valence-electron chi connectivity index (χ1n) is 6.67. The predicted molar refractivity (Wildman–Crippen MR) is 72.3 cm³/mol. The van der Waals surface area contributed by atoms with Gasteiger partial charge in [0.05, 0.1) is 0 Å². The number of hydrogen-bond donors (Lipinski definition) is 0. The Kier molecular flexibility index (Phi) is 7.86. The molecule has 0 unspecified atom stereocenters. The standard InChI is InChI=1S/C6H11.2C5H5.ClH.Zr/c1-3-5-6-4-2;2*1-2-4-5-3-1;;/h1,3H,4-6H2,2H3;2*1-3H,4H2;1H;/q;;;;+1/p-1. The molecule has 0 atom stereocenters. The van der Waals surface area contributed by atoms with Crippen molar-refractivity contribution in [3.05, 3.63) is 52.9 Å². The van der Waals surface area contributed by atoms with E-state index in [9.17, 15) is 0 Å². The van der Waals surface area contributed by atoms with Gasteiger partial charge in [-0.05, 0) is 0 Å². The van der Waals surface area contributed by atoms with Crippen molar-refractivity contribution in [3.63, 3.8) is 0 Å². The first-order chi connectivity index (χ1) is 8.42. The third-order valence-electron chi connectivity index (χ3n) is 3.24. The van der Waals surface area contributed by atoms with Gasteiger partial charge >= 0.3 is 114 Å². The van der Waals surface area contributed by atoms with Crippen LogP contribution in [0.5, 0.6) is 0 Å². The van der Waals surface area contributed by atoms with E-state index in [4.69, 9.17) is 0 Å². The zero-order valence-corrected chi connectivity index (χ0v) is 14.2. The SMILES string of the molecule is CCCC/C=[CH]/[Zr+]([C]1=CC=CC1)[C]1=CC=CC1.[Cl-]. The molecule has 2 heteroatoms. The van der Waals surface area contributed by atoms with Gasteiger partial charge in [-0.25, -0.2) is 0 Å². The van der Waals surface area contributed by atoms with E-state index in [1.54, 1.807) is 6.56 Å². The minimum atomic E-state index is -1.59. The van der Waals surface area contributed by atoms with Crippen LogP contribution in [0.4, 0.5) is 0 Å². The van der Waals surface area contributed by atoms with Crippen LogP contribution >= 0.6 is 0 Å². The summed E-state index contributed by atoms with van der Waals surface area (Å²) in [5.41, 5.74) is 0. The molecule has 0 spiro atoms. The van der Waals surface area contributed by atoms with Gasteiger partial charge in [-0.2, -0.15) is 0 Å². The van der Waals surface area contributed by atoms with Crippen LogP contribution in [0.25, 0.3) is 0 Å². The predicted octanol–water partition coefficient (Wildman–Crippen LogP) is 2.00. The first-order valence-corrected chi connectivity index (χ1v) is 10.5. The molecule has 2 rings (SSSR count). The normalized spacial score (nSPS) is 16.9. The van der Waals surface area contributed by atoms with Crippen LogP contribution in [0.3, 0.4) is 0 Å². The molecule has 0 fully saturated rings. The van der Waals surface area contributed by atoms with Crippen molar-refractivity contribution in [1.29, 1.82) is 0 Å². The zero-order chi connectivity index (χ0) is 11.9. The molecule has 2 aliphatic rings. The van der Waals surface area contributed by atoms with Crippen LogP contribution < -0.4 is 12.4 Å². The van der Waals surface area contributed by atoms with Gasteiger partial charge in [0.2, 0.25) is 0 Å². The molecule has 0 N–H and O–H groups in total. The monoisotopic (exact) mass is 338 g/mol. The fourth-order valence-electron chi connectivity index (χ4n) is 2.24. The van der Waals surface area contributed by atoms with Crippen molar-refractivity contribution >= 4 is 0 Å². The van der Waals surface area contributed by atoms with Gasteiger partial charge < -0.3 is 12.4 Å². The van der Waals surface area contributed by atoms with Gasteiger partial charge in [0.1, 0.15) is 0 Å². The summed E-state index contributed by atoms with van der Waals surface area (Å²) in [5.74, 6) is 0. The second-order valence-electron chi connectivity index (χ2n) is 4.61. The molecule has 0 bridgehead atoms. The summed E-state index contributed by atoms with van der Waals surface area (Å²) in [5, 5.41) is 0. The molecule has 0 aliphatic heterocycles. The van der Waals surface area contributed by atoms with Crippen LogP contribution in [0.1, 0.15) is 39.0 Å². The maximum absolute atomic E-state index is 2.61. The summed E-state index contributed by atoms with van der Waals surface area (Å²) in [6.45, 7) is 2.26. The van der Waals surface area contributed by atoms with E-state index in [1.807, 2.05) is 0 Å². The number of halogens is 1. The van der Waals surface area contributed by atoms with Gasteiger partial charge in [-0.1, -0.05) is 0 Å². The molecule has 2 aliphatic carbocycles. The molecule has 0 aromatic rings. The van der Waals surface area contributed by atoms with Gasteiger partial charge in [0, 0.05) is 0 Å². The molecule has 18 heavy (non-hydrogen) atoms. The van der Waals surface area contributed by atoms with E-state index < -0.39 is 21.8 Å². The van der Waals surface area contributed by atoms with Crippen LogP contribution in [0, 0.1) is 0 Å². The van der Waals surface area contributed by atoms with E-state index in [-0.39, 0.29) is 12.4 Å². The van der Waals surface area contributed by atoms with E-state index in [0.717, 1.165) is 0 Å². The number of allylic oxidation sites excluding steroid dienone is 9. The molecule has 96 valence electrons. The van der Waals surface area contributed by atoms with E-state index in [1.165, 1.54) is 32.1 Å². The summed E-state index contributed by atoms with van der Waals surface area (Å²) >= 11 is -1.59. The smallest absolute Gasteiger partial charge is 1.00 e. The third kappa shape index (κ3) is 4.52. The molecule has 0 aromatic heterocycles. The Morgan fingerprint density at radius 2 is 1.72 bits per heavy atom. The molecule has 0 heterocycles. The van der Waals surface area contributed by atoms with Crippen molar-refractivity contribution in [1.82, 2.24) is 0 Å². The van der Waals surface area contributed by atoms with Crippen molar-refractivity contribution in [2.75, 3.05) is 0 Å². The average Bonchev–Trinajstić information content (AvgIpc) is 3.02. The van der Waals surface area contributed by atoms with Gasteiger partial charge in [-0.15, -0.1) is 0 Å². The van der Waals surface area contributed by atoms with Crippen LogP contribution in [-0.4, -0.2) is 0 Å². The maximum Gasteiger partial charge on any atom is -1.00 e. The summed E-state index contributed by atoms with van der Waals surface area (Å²) in [4.78, 5) is 0. The van der Waals surface area contributed by atoms with Crippen LogP contribution in [0.2, 0.25) is 0 Å². The molecular weight excluding hydrogens is 319 g/mol. The number of rotatable bonds is 6. The number of unbranched alkanes of at least 4 members (excludes halogenated alkanes) is 2. The Morgan fingerprint density at radius 3 is 2.17 bits per heavy atom. The van der Waals surface area contributed by atoms with Gasteiger partial charge in [-0.3, -0.25) is 0 Å².